The van der Waals surface area contributed by atoms with Crippen molar-refractivity contribution in [2.24, 2.45) is 7.05 Å². The van der Waals surface area contributed by atoms with Gasteiger partial charge in [-0.15, -0.1) is 0 Å². The monoisotopic (exact) mass is 314 g/mol. The van der Waals surface area contributed by atoms with Crippen LogP contribution in [0.15, 0.2) is 36.4 Å². The van der Waals surface area contributed by atoms with E-state index in [1.807, 2.05) is 38.2 Å². The number of amides is 2. The van der Waals surface area contributed by atoms with Gasteiger partial charge in [-0.3, -0.25) is 10.00 Å². The van der Waals surface area contributed by atoms with Gasteiger partial charge < -0.3 is 9.64 Å². The van der Waals surface area contributed by atoms with Crippen LogP contribution in [0.4, 0.5) is 10.6 Å². The summed E-state index contributed by atoms with van der Waals surface area (Å²) >= 11 is 0. The van der Waals surface area contributed by atoms with E-state index in [1.54, 1.807) is 9.58 Å². The van der Waals surface area contributed by atoms with E-state index in [-0.39, 0.29) is 12.1 Å². The smallest absolute Gasteiger partial charge is 0.323 e. The number of carbonyl (C=O) groups is 1. The molecule has 1 fully saturated rings. The van der Waals surface area contributed by atoms with Gasteiger partial charge in [-0.05, 0) is 12.5 Å². The molecule has 122 valence electrons. The van der Waals surface area contributed by atoms with Crippen molar-refractivity contribution in [3.05, 3.63) is 47.7 Å². The lowest BCUT2D eigenvalue weighted by Crippen LogP contribution is -2.48. The van der Waals surface area contributed by atoms with Gasteiger partial charge in [0.25, 0.3) is 0 Å². The van der Waals surface area contributed by atoms with Gasteiger partial charge in [0, 0.05) is 38.3 Å². The Hall–Kier alpha value is -2.34. The largest absolute Gasteiger partial charge is 0.374 e. The Labute approximate surface area is 136 Å². The predicted molar refractivity (Wildman–Crippen MR) is 88.4 cm³/mol. The number of nitrogens with zero attached hydrogens (tertiary/aromatic N) is 3. The molecule has 0 bridgehead atoms. The summed E-state index contributed by atoms with van der Waals surface area (Å²) in [7, 11) is 1.86. The van der Waals surface area contributed by atoms with Gasteiger partial charge >= 0.3 is 6.03 Å². The minimum absolute atomic E-state index is 0.0300. The Bertz CT molecular complexity index is 649. The first-order valence-corrected chi connectivity index (χ1v) is 7.84. The number of hydrogen-bond donors (Lipinski definition) is 1. The van der Waals surface area contributed by atoms with E-state index in [2.05, 4.69) is 22.5 Å². The molecule has 1 aromatic carbocycles. The van der Waals surface area contributed by atoms with Crippen LogP contribution < -0.4 is 5.32 Å². The van der Waals surface area contributed by atoms with Gasteiger partial charge in [0.15, 0.2) is 5.82 Å². The maximum Gasteiger partial charge on any atom is 0.323 e. The summed E-state index contributed by atoms with van der Waals surface area (Å²) in [6, 6.07) is 11.9. The second kappa shape index (κ2) is 6.83. The first kappa shape index (κ1) is 15.6. The molecule has 1 aromatic heterocycles. The average molecular weight is 314 g/mol. The summed E-state index contributed by atoms with van der Waals surface area (Å²) in [5, 5.41) is 7.12. The Morgan fingerprint density at radius 2 is 2.17 bits per heavy atom. The molecule has 1 saturated heterocycles. The van der Waals surface area contributed by atoms with Crippen LogP contribution in [0.1, 0.15) is 11.3 Å². The number of hydrogen-bond acceptors (Lipinski definition) is 3. The highest BCUT2D eigenvalue weighted by Gasteiger charge is 2.24. The number of aryl methyl sites for hydroxylation is 2. The van der Waals surface area contributed by atoms with Crippen molar-refractivity contribution in [1.29, 1.82) is 0 Å². The Morgan fingerprint density at radius 1 is 1.39 bits per heavy atom. The lowest BCUT2D eigenvalue weighted by molar-refractivity contribution is -0.0113. The van der Waals surface area contributed by atoms with E-state index in [1.165, 1.54) is 5.56 Å². The average Bonchev–Trinajstić information content (AvgIpc) is 2.86. The van der Waals surface area contributed by atoms with Crippen molar-refractivity contribution in [2.45, 2.75) is 19.4 Å². The van der Waals surface area contributed by atoms with Crippen LogP contribution in [0.5, 0.6) is 0 Å². The van der Waals surface area contributed by atoms with Crippen molar-refractivity contribution >= 4 is 11.8 Å². The van der Waals surface area contributed by atoms with E-state index in [0.717, 1.165) is 12.1 Å². The van der Waals surface area contributed by atoms with Crippen LogP contribution in [0.25, 0.3) is 0 Å². The molecule has 0 spiro atoms. The second-order valence-corrected chi connectivity index (χ2v) is 5.85. The molecule has 3 rings (SSSR count). The van der Waals surface area contributed by atoms with Crippen LogP contribution in [0.3, 0.4) is 0 Å². The first-order valence-electron chi connectivity index (χ1n) is 7.84. The fraction of sp³-hybridized carbons (Fsp3) is 0.412. The van der Waals surface area contributed by atoms with Gasteiger partial charge in [0.2, 0.25) is 0 Å². The molecule has 23 heavy (non-hydrogen) atoms. The predicted octanol–water partition coefficient (Wildman–Crippen LogP) is 2.20. The van der Waals surface area contributed by atoms with Crippen LogP contribution in [0, 0.1) is 6.92 Å². The molecular weight excluding hydrogens is 292 g/mol. The van der Waals surface area contributed by atoms with E-state index in [9.17, 15) is 4.79 Å². The number of benzene rings is 1. The topological polar surface area (TPSA) is 59.4 Å². The number of nitrogens with one attached hydrogen (secondary N) is 1. The van der Waals surface area contributed by atoms with E-state index < -0.39 is 0 Å². The molecule has 2 aromatic rings. The van der Waals surface area contributed by atoms with Crippen molar-refractivity contribution in [2.75, 3.05) is 25.0 Å². The molecule has 0 aliphatic carbocycles. The lowest BCUT2D eigenvalue weighted by atomic mass is 10.1. The van der Waals surface area contributed by atoms with Gasteiger partial charge in [-0.2, -0.15) is 5.10 Å². The summed E-state index contributed by atoms with van der Waals surface area (Å²) in [5.74, 6) is 0.584. The minimum Gasteiger partial charge on any atom is -0.374 e. The standard InChI is InChI=1S/C17H22N4O2/c1-13-10-16(19-20(13)2)18-17(22)21-8-9-23-15(12-21)11-14-6-4-3-5-7-14/h3-7,10,15H,8-9,11-12H2,1-2H3,(H,18,19,22)/t15-/m1/s1. The summed E-state index contributed by atoms with van der Waals surface area (Å²) in [4.78, 5) is 14.2. The quantitative estimate of drug-likeness (QED) is 0.945. The third kappa shape index (κ3) is 3.90. The molecular formula is C17H22N4O2. The van der Waals surface area contributed by atoms with Crippen LogP contribution in [0.2, 0.25) is 0 Å². The van der Waals surface area contributed by atoms with E-state index >= 15 is 0 Å². The fourth-order valence-corrected chi connectivity index (χ4v) is 2.71. The van der Waals surface area contributed by atoms with Crippen molar-refractivity contribution in [3.63, 3.8) is 0 Å². The Balaban J connectivity index is 1.58. The lowest BCUT2D eigenvalue weighted by Gasteiger charge is -2.32. The number of aromatic nitrogens is 2. The fourth-order valence-electron chi connectivity index (χ4n) is 2.71. The maximum absolute atomic E-state index is 12.4. The molecule has 1 aliphatic heterocycles. The highest BCUT2D eigenvalue weighted by atomic mass is 16.5. The molecule has 1 atom stereocenters. The zero-order valence-electron chi connectivity index (χ0n) is 13.5. The van der Waals surface area contributed by atoms with Crippen molar-refractivity contribution < 1.29 is 9.53 Å². The van der Waals surface area contributed by atoms with Crippen molar-refractivity contribution in [3.8, 4) is 0 Å². The Kier molecular flexibility index (Phi) is 4.62. The summed E-state index contributed by atoms with van der Waals surface area (Å²) in [6.45, 7) is 3.70. The van der Waals surface area contributed by atoms with E-state index in [0.29, 0.717) is 25.5 Å². The van der Waals surface area contributed by atoms with Gasteiger partial charge in [-0.25, -0.2) is 4.79 Å². The molecule has 2 amide bonds. The molecule has 2 heterocycles. The van der Waals surface area contributed by atoms with Gasteiger partial charge in [0.1, 0.15) is 0 Å². The highest BCUT2D eigenvalue weighted by Crippen LogP contribution is 2.14. The number of carbonyl (C=O) groups excluding carboxylic acids is 1. The zero-order valence-corrected chi connectivity index (χ0v) is 13.5. The number of anilines is 1. The molecule has 0 unspecified atom stereocenters. The summed E-state index contributed by atoms with van der Waals surface area (Å²) in [5.41, 5.74) is 2.23. The molecule has 6 heteroatoms. The number of rotatable bonds is 3. The van der Waals surface area contributed by atoms with Crippen LogP contribution in [-0.4, -0.2) is 46.5 Å². The summed E-state index contributed by atoms with van der Waals surface area (Å²) in [6.07, 6.45) is 0.843. The number of ether oxygens (including phenoxy) is 1. The highest BCUT2D eigenvalue weighted by molar-refractivity contribution is 5.88. The summed E-state index contributed by atoms with van der Waals surface area (Å²) < 4.78 is 7.54. The zero-order chi connectivity index (χ0) is 16.2. The van der Waals surface area contributed by atoms with Crippen LogP contribution >= 0.6 is 0 Å². The number of morpholine rings is 1. The maximum atomic E-state index is 12.4. The van der Waals surface area contributed by atoms with Crippen molar-refractivity contribution in [1.82, 2.24) is 14.7 Å². The van der Waals surface area contributed by atoms with Gasteiger partial charge in [0.05, 0.1) is 12.7 Å². The van der Waals surface area contributed by atoms with Crippen LogP contribution in [-0.2, 0) is 18.2 Å². The Morgan fingerprint density at radius 3 is 2.87 bits per heavy atom. The molecule has 0 saturated carbocycles. The van der Waals surface area contributed by atoms with Gasteiger partial charge in [-0.1, -0.05) is 30.3 Å². The molecule has 0 radical (unpaired) electrons. The second-order valence-electron chi connectivity index (χ2n) is 5.85. The molecule has 1 aliphatic rings. The first-order chi connectivity index (χ1) is 11.1. The SMILES string of the molecule is Cc1cc(NC(=O)N2CCO[C@H](Cc3ccccc3)C2)nn1C. The third-order valence-electron chi connectivity index (χ3n) is 4.08. The molecule has 1 N–H and O–H groups in total. The number of urea groups is 1. The van der Waals surface area contributed by atoms with E-state index in [4.69, 9.17) is 4.74 Å². The molecule has 6 nitrogen and oxygen atoms in total. The normalized spacial score (nSPS) is 18.0. The third-order valence-corrected chi connectivity index (χ3v) is 4.08. The minimum atomic E-state index is -0.121.